The van der Waals surface area contributed by atoms with Crippen molar-refractivity contribution in [3.8, 4) is 0 Å². The molecule has 0 radical (unpaired) electrons. The van der Waals surface area contributed by atoms with Gasteiger partial charge in [-0.1, -0.05) is 0 Å². The van der Waals surface area contributed by atoms with E-state index >= 15 is 0 Å². The van der Waals surface area contributed by atoms with E-state index in [1.807, 2.05) is 29.9 Å². The molecule has 0 aromatic carbocycles. The second-order valence-corrected chi connectivity index (χ2v) is 3.45. The summed E-state index contributed by atoms with van der Waals surface area (Å²) in [6.45, 7) is 22.5. The molecule has 0 unspecified atom stereocenters. The molecule has 0 aliphatic rings. The van der Waals surface area contributed by atoms with E-state index in [9.17, 15) is 0 Å². The molecule has 1 aromatic heterocycles. The summed E-state index contributed by atoms with van der Waals surface area (Å²) < 4.78 is 40.5. The molecule has 0 amide bonds. The fourth-order valence-corrected chi connectivity index (χ4v) is 1.48. The van der Waals surface area contributed by atoms with Crippen LogP contribution in [0.3, 0.4) is 0 Å². The molecule has 0 saturated heterocycles. The van der Waals surface area contributed by atoms with Crippen molar-refractivity contribution in [1.29, 1.82) is 0 Å². The Balaban J connectivity index is -0.0000000557. The SMILES string of the molecule is Cn1cccc1[C](N)=[W].[C-]#[O+].[C-]#[O+].[C-]#[O+].[C-]#[O+].[C-]#[O+]. The summed E-state index contributed by atoms with van der Waals surface area (Å²) in [6.07, 6.45) is 1.99. The summed E-state index contributed by atoms with van der Waals surface area (Å²) in [5.41, 5.74) is 6.72. The second-order valence-electron chi connectivity index (χ2n) is 1.87. The Bertz CT molecular complexity index is 380. The molecule has 2 N–H and O–H groups in total. The van der Waals surface area contributed by atoms with Crippen molar-refractivity contribution in [2.24, 2.45) is 12.8 Å². The van der Waals surface area contributed by atoms with Crippen LogP contribution < -0.4 is 5.73 Å². The van der Waals surface area contributed by atoms with Crippen LogP contribution in [0.2, 0.25) is 0 Å². The molecule has 1 rings (SSSR count). The Hall–Kier alpha value is -1.50. The van der Waals surface area contributed by atoms with Crippen molar-refractivity contribution in [2.45, 2.75) is 0 Å². The van der Waals surface area contributed by atoms with E-state index in [2.05, 4.69) is 33.3 Å². The van der Waals surface area contributed by atoms with Gasteiger partial charge < -0.3 is 0 Å². The zero-order valence-corrected chi connectivity index (χ0v) is 12.6. The second kappa shape index (κ2) is 36.0. The van der Waals surface area contributed by atoms with Crippen LogP contribution in [0.25, 0.3) is 0 Å². The van der Waals surface area contributed by atoms with Gasteiger partial charge in [-0.2, -0.15) is 0 Å². The van der Waals surface area contributed by atoms with Crippen LogP contribution in [0.4, 0.5) is 0 Å². The molecule has 98 valence electrons. The van der Waals surface area contributed by atoms with Crippen molar-refractivity contribution in [2.75, 3.05) is 0 Å². The van der Waals surface area contributed by atoms with Gasteiger partial charge in [-0.05, 0) is 0 Å². The molecule has 0 saturated carbocycles. The average molecular weight is 432 g/mol. The molecule has 0 aliphatic heterocycles. The predicted octanol–water partition coefficient (Wildman–Crippen LogP) is -0.179. The Morgan fingerprint density at radius 3 is 1.42 bits per heavy atom. The molecule has 0 spiro atoms. The van der Waals surface area contributed by atoms with Crippen LogP contribution >= 0.6 is 0 Å². The number of rotatable bonds is 1. The molecular weight excluding hydrogens is 424 g/mol. The van der Waals surface area contributed by atoms with Crippen LogP contribution in [-0.2, 0) is 49.7 Å². The predicted molar refractivity (Wildman–Crippen MR) is 53.4 cm³/mol. The van der Waals surface area contributed by atoms with E-state index in [4.69, 9.17) is 29.0 Å². The summed E-state index contributed by atoms with van der Waals surface area (Å²) in [4.78, 5) is 0. The first kappa shape index (κ1) is 30.5. The quantitative estimate of drug-likeness (QED) is 0.479. The fraction of sp³-hybridized carbons (Fsp3) is 0.0909. The molecule has 19 heavy (non-hydrogen) atoms. The number of aromatic nitrogens is 1. The molecule has 8 heteroatoms. The summed E-state index contributed by atoms with van der Waals surface area (Å²) in [5.74, 6) is 0. The van der Waals surface area contributed by atoms with Crippen LogP contribution in [0, 0.1) is 33.3 Å². The first-order chi connectivity index (χ1) is 9.22. The van der Waals surface area contributed by atoms with Crippen LogP contribution in [0.5, 0.6) is 0 Å². The zero-order chi connectivity index (χ0) is 16.9. The molecular formula is C11H8N2O5W. The van der Waals surface area contributed by atoms with E-state index in [0.29, 0.717) is 0 Å². The Labute approximate surface area is 121 Å². The Kier molecular flexibility index (Phi) is 57.7. The Morgan fingerprint density at radius 1 is 1.00 bits per heavy atom. The average Bonchev–Trinajstić information content (AvgIpc) is 2.96. The molecule has 1 aromatic rings. The van der Waals surface area contributed by atoms with E-state index in [1.54, 1.807) is 0 Å². The Morgan fingerprint density at radius 2 is 1.32 bits per heavy atom. The van der Waals surface area contributed by atoms with Gasteiger partial charge in [0.05, 0.1) is 0 Å². The summed E-state index contributed by atoms with van der Waals surface area (Å²) in [7, 11) is 1.99. The van der Waals surface area contributed by atoms with E-state index in [-0.39, 0.29) is 0 Å². The van der Waals surface area contributed by atoms with E-state index in [0.717, 1.165) is 9.72 Å². The van der Waals surface area contributed by atoms with Gasteiger partial charge in [0.15, 0.2) is 0 Å². The van der Waals surface area contributed by atoms with Crippen molar-refractivity contribution in [1.82, 2.24) is 4.57 Å². The van der Waals surface area contributed by atoms with Crippen molar-refractivity contribution in [3.63, 3.8) is 0 Å². The van der Waals surface area contributed by atoms with Crippen LogP contribution in [0.1, 0.15) is 5.69 Å². The fourth-order valence-electron chi connectivity index (χ4n) is 0.717. The normalized spacial score (nSPS) is 5.05. The first-order valence-electron chi connectivity index (χ1n) is 3.65. The van der Waals surface area contributed by atoms with Crippen LogP contribution in [0.15, 0.2) is 18.3 Å². The third kappa shape index (κ3) is 22.2. The van der Waals surface area contributed by atoms with Crippen LogP contribution in [-0.4, -0.2) is 8.59 Å². The number of hydrogen-bond donors (Lipinski definition) is 1. The summed E-state index contributed by atoms with van der Waals surface area (Å²) >= 11 is 1.33. The standard InChI is InChI=1S/C6H8N2.5CO.W/c1-8-4-2-3-6(8)5-7;5*1-2;/h2-4H,7H2,1H3;;;;;;. The van der Waals surface area contributed by atoms with Crippen molar-refractivity contribution >= 4 is 4.02 Å². The third-order valence-corrected chi connectivity index (χ3v) is 1.95. The third-order valence-electron chi connectivity index (χ3n) is 1.20. The number of nitrogens with two attached hydrogens (primary N) is 1. The first-order valence-corrected chi connectivity index (χ1v) is 5.11. The topological polar surface area (TPSA) is 130 Å². The number of nitrogens with zero attached hydrogens (tertiary/aromatic N) is 1. The van der Waals surface area contributed by atoms with E-state index < -0.39 is 0 Å². The molecule has 0 aliphatic carbocycles. The van der Waals surface area contributed by atoms with Crippen molar-refractivity contribution < 1.29 is 42.6 Å². The molecule has 1 heterocycles. The monoisotopic (exact) mass is 432 g/mol. The van der Waals surface area contributed by atoms with Gasteiger partial charge in [0.1, 0.15) is 0 Å². The van der Waals surface area contributed by atoms with Gasteiger partial charge in [-0.15, -0.1) is 0 Å². The number of hydrogen-bond acceptors (Lipinski definition) is 1. The van der Waals surface area contributed by atoms with Gasteiger partial charge in [0.2, 0.25) is 0 Å². The molecule has 7 nitrogen and oxygen atoms in total. The minimum atomic E-state index is 0.947. The molecule has 0 atom stereocenters. The van der Waals surface area contributed by atoms with Crippen molar-refractivity contribution in [3.05, 3.63) is 57.3 Å². The maximum absolute atomic E-state index is 7.50. The van der Waals surface area contributed by atoms with E-state index in [1.165, 1.54) is 19.4 Å². The minimum absolute atomic E-state index is 0.947. The van der Waals surface area contributed by atoms with Gasteiger partial charge in [0.25, 0.3) is 0 Å². The van der Waals surface area contributed by atoms with Gasteiger partial charge in [-0.3, -0.25) is 0 Å². The van der Waals surface area contributed by atoms with Gasteiger partial charge >= 0.3 is 121 Å². The zero-order valence-electron chi connectivity index (χ0n) is 9.71. The summed E-state index contributed by atoms with van der Waals surface area (Å²) in [6, 6.07) is 4.01. The van der Waals surface area contributed by atoms with Gasteiger partial charge in [-0.25, -0.2) is 0 Å². The molecule has 0 bridgehead atoms. The maximum atomic E-state index is 7.50. The van der Waals surface area contributed by atoms with Gasteiger partial charge in [0, 0.05) is 0 Å². The summed E-state index contributed by atoms with van der Waals surface area (Å²) in [5, 5.41) is 0. The molecule has 0 fully saturated rings. The number of aryl methyl sites for hydroxylation is 1.